The van der Waals surface area contributed by atoms with E-state index in [2.05, 4.69) is 36.1 Å². The van der Waals surface area contributed by atoms with Crippen LogP contribution in [0.15, 0.2) is 24.3 Å². The second-order valence-corrected chi connectivity index (χ2v) is 2.54. The summed E-state index contributed by atoms with van der Waals surface area (Å²) in [6.45, 7) is 2.11. The Morgan fingerprint density at radius 2 is 2.10 bits per heavy atom. The van der Waals surface area contributed by atoms with E-state index in [0.29, 0.717) is 0 Å². The lowest BCUT2D eigenvalue weighted by Crippen LogP contribution is -2.05. The van der Waals surface area contributed by atoms with Gasteiger partial charge >= 0.3 is 0 Å². The zero-order chi connectivity index (χ0) is 6.81. The average Bonchev–Trinajstić information content (AvgIpc) is 2.05. The van der Waals surface area contributed by atoms with Gasteiger partial charge in [0.05, 0.1) is 0 Å². The Bertz CT molecular complexity index is 205. The quantitative estimate of drug-likeness (QED) is 0.570. The summed E-state index contributed by atoms with van der Waals surface area (Å²) >= 11 is 0. The highest BCUT2D eigenvalue weighted by molar-refractivity contribution is 5.54. The zero-order valence-electron chi connectivity index (χ0n) is 5.80. The minimum absolute atomic E-state index is 1.15. The molecule has 1 N–H and O–H groups in total. The van der Waals surface area contributed by atoms with Gasteiger partial charge in [-0.15, -0.1) is 0 Å². The van der Waals surface area contributed by atoms with Crippen molar-refractivity contribution in [1.82, 2.24) is 0 Å². The summed E-state index contributed by atoms with van der Waals surface area (Å²) < 4.78 is 0. The summed E-state index contributed by atoms with van der Waals surface area (Å²) in [5.41, 5.74) is 2.71. The van der Waals surface area contributed by atoms with Gasteiger partial charge in [0.1, 0.15) is 0 Å². The van der Waals surface area contributed by atoms with Gasteiger partial charge < -0.3 is 5.32 Å². The number of benzene rings is 1. The van der Waals surface area contributed by atoms with Gasteiger partial charge in [-0.3, -0.25) is 0 Å². The SMILES string of the molecule is [CH]1CCc2ccccc2N1. The van der Waals surface area contributed by atoms with E-state index in [4.69, 9.17) is 0 Å². The van der Waals surface area contributed by atoms with Crippen molar-refractivity contribution < 1.29 is 0 Å². The van der Waals surface area contributed by atoms with Gasteiger partial charge in [0.15, 0.2) is 0 Å². The third kappa shape index (κ3) is 0.878. The Morgan fingerprint density at radius 1 is 1.20 bits per heavy atom. The molecule has 0 bridgehead atoms. The van der Waals surface area contributed by atoms with Gasteiger partial charge in [-0.05, 0) is 24.5 Å². The number of hydrogen-bond acceptors (Lipinski definition) is 1. The molecule has 2 rings (SSSR count). The van der Waals surface area contributed by atoms with Crippen LogP contribution in [0, 0.1) is 6.54 Å². The first-order valence-electron chi connectivity index (χ1n) is 3.63. The van der Waals surface area contributed by atoms with Crippen molar-refractivity contribution in [2.75, 3.05) is 5.32 Å². The van der Waals surface area contributed by atoms with Crippen LogP contribution in [-0.4, -0.2) is 0 Å². The van der Waals surface area contributed by atoms with E-state index in [1.807, 2.05) is 0 Å². The van der Waals surface area contributed by atoms with E-state index in [1.165, 1.54) is 17.7 Å². The second kappa shape index (κ2) is 2.33. The summed E-state index contributed by atoms with van der Waals surface area (Å²) in [6.07, 6.45) is 2.33. The zero-order valence-corrected chi connectivity index (χ0v) is 5.80. The Kier molecular flexibility index (Phi) is 1.35. The molecule has 1 aromatic rings. The van der Waals surface area contributed by atoms with Crippen molar-refractivity contribution in [2.24, 2.45) is 0 Å². The normalized spacial score (nSPS) is 15.6. The van der Waals surface area contributed by atoms with Crippen LogP contribution in [0.2, 0.25) is 0 Å². The van der Waals surface area contributed by atoms with Crippen LogP contribution in [0.4, 0.5) is 5.69 Å². The minimum Gasteiger partial charge on any atom is -0.380 e. The molecule has 1 aromatic carbocycles. The number of hydrogen-bond donors (Lipinski definition) is 1. The summed E-state index contributed by atoms with van der Waals surface area (Å²) in [5, 5.41) is 3.24. The monoisotopic (exact) mass is 132 g/mol. The van der Waals surface area contributed by atoms with Crippen LogP contribution in [0.3, 0.4) is 0 Å². The van der Waals surface area contributed by atoms with Crippen molar-refractivity contribution in [1.29, 1.82) is 0 Å². The van der Waals surface area contributed by atoms with Gasteiger partial charge in [-0.2, -0.15) is 0 Å². The standard InChI is InChI=1S/C9H10N/c1-2-6-9-8(4-1)5-3-7-10-9/h1-2,4,6-7,10H,3,5H2. The summed E-state index contributed by atoms with van der Waals surface area (Å²) in [4.78, 5) is 0. The highest BCUT2D eigenvalue weighted by Gasteiger charge is 2.05. The molecule has 0 amide bonds. The highest BCUT2D eigenvalue weighted by atomic mass is 14.9. The molecule has 1 aliphatic rings. The van der Waals surface area contributed by atoms with Crippen molar-refractivity contribution in [3.8, 4) is 0 Å². The molecule has 0 atom stereocenters. The molecule has 0 aromatic heterocycles. The number of para-hydroxylation sites is 1. The average molecular weight is 132 g/mol. The minimum atomic E-state index is 1.15. The Morgan fingerprint density at radius 3 is 3.00 bits per heavy atom. The van der Waals surface area contributed by atoms with E-state index in [0.717, 1.165) is 6.42 Å². The number of rotatable bonds is 0. The summed E-state index contributed by atoms with van der Waals surface area (Å²) in [7, 11) is 0. The van der Waals surface area contributed by atoms with E-state index < -0.39 is 0 Å². The molecule has 10 heavy (non-hydrogen) atoms. The summed E-state index contributed by atoms with van der Waals surface area (Å²) in [5.74, 6) is 0. The molecular formula is C9H10N. The molecule has 0 saturated heterocycles. The fourth-order valence-electron chi connectivity index (χ4n) is 1.29. The van der Waals surface area contributed by atoms with Crippen LogP contribution in [0.1, 0.15) is 12.0 Å². The first kappa shape index (κ1) is 5.78. The molecule has 0 aliphatic carbocycles. The van der Waals surface area contributed by atoms with Crippen molar-refractivity contribution in [2.45, 2.75) is 12.8 Å². The Hall–Kier alpha value is -0.980. The lowest BCUT2D eigenvalue weighted by Gasteiger charge is -2.16. The fraction of sp³-hybridized carbons (Fsp3) is 0.222. The fourth-order valence-corrected chi connectivity index (χ4v) is 1.29. The molecule has 0 unspecified atom stereocenters. The predicted octanol–water partition coefficient (Wildman–Crippen LogP) is 2.21. The molecular weight excluding hydrogens is 122 g/mol. The number of fused-ring (bicyclic) bond motifs is 1. The Balaban J connectivity index is 2.41. The first-order chi connectivity index (χ1) is 4.97. The van der Waals surface area contributed by atoms with Crippen LogP contribution in [-0.2, 0) is 6.42 Å². The predicted molar refractivity (Wildman–Crippen MR) is 42.7 cm³/mol. The molecule has 0 saturated carbocycles. The second-order valence-electron chi connectivity index (χ2n) is 2.54. The van der Waals surface area contributed by atoms with E-state index in [1.54, 1.807) is 0 Å². The van der Waals surface area contributed by atoms with Crippen molar-refractivity contribution >= 4 is 5.69 Å². The van der Waals surface area contributed by atoms with E-state index >= 15 is 0 Å². The molecule has 1 heterocycles. The Labute approximate surface area is 61.1 Å². The first-order valence-corrected chi connectivity index (χ1v) is 3.63. The van der Waals surface area contributed by atoms with Crippen molar-refractivity contribution in [3.63, 3.8) is 0 Å². The lowest BCUT2D eigenvalue weighted by molar-refractivity contribution is 0.909. The third-order valence-electron chi connectivity index (χ3n) is 1.83. The maximum absolute atomic E-state index is 3.24. The van der Waals surface area contributed by atoms with E-state index in [9.17, 15) is 0 Å². The largest absolute Gasteiger partial charge is 0.380 e. The van der Waals surface area contributed by atoms with Gasteiger partial charge in [0.25, 0.3) is 0 Å². The van der Waals surface area contributed by atoms with Gasteiger partial charge in [0.2, 0.25) is 0 Å². The molecule has 51 valence electrons. The molecule has 1 heteroatoms. The summed E-state index contributed by atoms with van der Waals surface area (Å²) in [6, 6.07) is 8.44. The van der Waals surface area contributed by atoms with Crippen molar-refractivity contribution in [3.05, 3.63) is 36.4 Å². The molecule has 1 radical (unpaired) electrons. The molecule has 0 spiro atoms. The third-order valence-corrected chi connectivity index (χ3v) is 1.83. The van der Waals surface area contributed by atoms with Crippen LogP contribution in [0.25, 0.3) is 0 Å². The number of anilines is 1. The van der Waals surface area contributed by atoms with Gasteiger partial charge in [0, 0.05) is 12.2 Å². The lowest BCUT2D eigenvalue weighted by atomic mass is 10.0. The number of aryl methyl sites for hydroxylation is 1. The van der Waals surface area contributed by atoms with Gasteiger partial charge in [-0.25, -0.2) is 0 Å². The number of nitrogens with one attached hydrogen (secondary N) is 1. The highest BCUT2D eigenvalue weighted by Crippen LogP contribution is 2.21. The molecule has 1 nitrogen and oxygen atoms in total. The van der Waals surface area contributed by atoms with E-state index in [-0.39, 0.29) is 0 Å². The van der Waals surface area contributed by atoms with Crippen LogP contribution < -0.4 is 5.32 Å². The van der Waals surface area contributed by atoms with Crippen LogP contribution in [0.5, 0.6) is 0 Å². The molecule has 1 aliphatic heterocycles. The smallest absolute Gasteiger partial charge is 0.0466 e. The maximum atomic E-state index is 3.24. The molecule has 0 fully saturated rings. The maximum Gasteiger partial charge on any atom is 0.0466 e. The van der Waals surface area contributed by atoms with Crippen LogP contribution >= 0.6 is 0 Å². The van der Waals surface area contributed by atoms with Gasteiger partial charge in [-0.1, -0.05) is 18.2 Å². The topological polar surface area (TPSA) is 12.0 Å².